The number of carbonyl (C=O) groups is 2. The molecule has 6 heteroatoms. The lowest BCUT2D eigenvalue weighted by Crippen LogP contribution is -2.55. The molecule has 1 atom stereocenters. The van der Waals surface area contributed by atoms with E-state index in [1.54, 1.807) is 0 Å². The first-order valence-corrected chi connectivity index (χ1v) is 10.4. The Morgan fingerprint density at radius 1 is 1.11 bits per heavy atom. The fourth-order valence-corrected chi connectivity index (χ4v) is 3.91. The van der Waals surface area contributed by atoms with Crippen LogP contribution in [0.4, 0.5) is 4.79 Å². The van der Waals surface area contributed by atoms with E-state index >= 15 is 0 Å². The molecule has 28 heavy (non-hydrogen) atoms. The molecule has 1 aliphatic carbocycles. The summed E-state index contributed by atoms with van der Waals surface area (Å²) in [7, 11) is 0. The molecule has 0 bridgehead atoms. The molecule has 6 nitrogen and oxygen atoms in total. The summed E-state index contributed by atoms with van der Waals surface area (Å²) in [6.45, 7) is 6.29. The Kier molecular flexibility index (Phi) is 7.62. The highest BCUT2D eigenvalue weighted by Crippen LogP contribution is 2.17. The van der Waals surface area contributed by atoms with Crippen LogP contribution in [0.5, 0.6) is 0 Å². The number of imide groups is 1. The molecule has 1 heterocycles. The van der Waals surface area contributed by atoms with Gasteiger partial charge in [0.15, 0.2) is 0 Å². The Hall–Kier alpha value is -2.18. The fraction of sp³-hybridized carbons (Fsp3) is 0.545. The first-order chi connectivity index (χ1) is 13.6. The van der Waals surface area contributed by atoms with Crippen LogP contribution in [0.1, 0.15) is 38.2 Å². The fourth-order valence-electron chi connectivity index (χ4n) is 3.91. The van der Waals surface area contributed by atoms with E-state index in [9.17, 15) is 9.59 Å². The summed E-state index contributed by atoms with van der Waals surface area (Å²) in [5.41, 5.74) is 1.21. The van der Waals surface area contributed by atoms with E-state index in [4.69, 9.17) is 0 Å². The van der Waals surface area contributed by atoms with Crippen LogP contribution in [0.15, 0.2) is 36.4 Å². The molecule has 152 valence electrons. The Bertz CT molecular complexity index is 662. The summed E-state index contributed by atoms with van der Waals surface area (Å²) in [6, 6.07) is 9.86. The average molecular weight is 385 g/mol. The maximum Gasteiger partial charge on any atom is 0.321 e. The van der Waals surface area contributed by atoms with Crippen molar-refractivity contribution >= 4 is 18.0 Å². The first kappa shape index (κ1) is 20.6. The summed E-state index contributed by atoms with van der Waals surface area (Å²) < 4.78 is 0. The lowest BCUT2D eigenvalue weighted by atomic mass is 10.2. The monoisotopic (exact) mass is 384 g/mol. The topological polar surface area (TPSA) is 64.7 Å². The summed E-state index contributed by atoms with van der Waals surface area (Å²) in [5, 5.41) is 5.42. The second-order valence-corrected chi connectivity index (χ2v) is 7.77. The maximum absolute atomic E-state index is 12.4. The van der Waals surface area contributed by atoms with Crippen LogP contribution < -0.4 is 10.6 Å². The highest BCUT2D eigenvalue weighted by atomic mass is 16.2. The van der Waals surface area contributed by atoms with E-state index in [1.165, 1.54) is 5.56 Å². The third-order valence-corrected chi connectivity index (χ3v) is 5.73. The van der Waals surface area contributed by atoms with Gasteiger partial charge in [-0.25, -0.2) is 4.79 Å². The van der Waals surface area contributed by atoms with E-state index in [0.717, 1.165) is 58.4 Å². The molecule has 0 unspecified atom stereocenters. The number of rotatable bonds is 6. The second kappa shape index (κ2) is 10.4. The molecule has 1 aliphatic heterocycles. The van der Waals surface area contributed by atoms with E-state index in [1.807, 2.05) is 25.1 Å². The zero-order valence-electron chi connectivity index (χ0n) is 16.8. The number of amides is 3. The van der Waals surface area contributed by atoms with Gasteiger partial charge in [-0.1, -0.05) is 55.3 Å². The molecule has 1 saturated heterocycles. The lowest BCUT2D eigenvalue weighted by molar-refractivity contribution is -0.125. The SMILES string of the molecule is C[C@@H](C(=O)NC(=O)NC1CCCC1)N1CCN(C/C=C/c2ccccc2)CC1. The van der Waals surface area contributed by atoms with Crippen LogP contribution >= 0.6 is 0 Å². The van der Waals surface area contributed by atoms with Crippen molar-refractivity contribution in [3.63, 3.8) is 0 Å². The van der Waals surface area contributed by atoms with Gasteiger partial charge in [0.2, 0.25) is 5.91 Å². The van der Waals surface area contributed by atoms with Gasteiger partial charge in [0.1, 0.15) is 0 Å². The molecule has 0 spiro atoms. The van der Waals surface area contributed by atoms with Gasteiger partial charge in [-0.3, -0.25) is 19.9 Å². The van der Waals surface area contributed by atoms with Crippen molar-refractivity contribution in [1.29, 1.82) is 0 Å². The van der Waals surface area contributed by atoms with E-state index < -0.39 is 0 Å². The Labute approximate surface area is 168 Å². The third kappa shape index (κ3) is 6.17. The molecule has 2 N–H and O–H groups in total. The number of nitrogens with one attached hydrogen (secondary N) is 2. The van der Waals surface area contributed by atoms with Crippen molar-refractivity contribution in [2.24, 2.45) is 0 Å². The van der Waals surface area contributed by atoms with Gasteiger partial charge in [-0.15, -0.1) is 0 Å². The first-order valence-electron chi connectivity index (χ1n) is 10.4. The number of urea groups is 1. The van der Waals surface area contributed by atoms with E-state index in [-0.39, 0.29) is 24.0 Å². The lowest BCUT2D eigenvalue weighted by Gasteiger charge is -2.36. The van der Waals surface area contributed by atoms with Gasteiger partial charge in [-0.05, 0) is 25.3 Å². The predicted molar refractivity (Wildman–Crippen MR) is 112 cm³/mol. The van der Waals surface area contributed by atoms with Gasteiger partial charge in [0.05, 0.1) is 6.04 Å². The molecular formula is C22H32N4O2. The number of carbonyl (C=O) groups excluding carboxylic acids is 2. The molecule has 0 aromatic heterocycles. The van der Waals surface area contributed by atoms with Gasteiger partial charge in [0, 0.05) is 38.8 Å². The number of hydrogen-bond acceptors (Lipinski definition) is 4. The third-order valence-electron chi connectivity index (χ3n) is 5.73. The van der Waals surface area contributed by atoms with Crippen molar-refractivity contribution in [2.45, 2.75) is 44.7 Å². The van der Waals surface area contributed by atoms with E-state index in [2.05, 4.69) is 44.7 Å². The largest absolute Gasteiger partial charge is 0.335 e. The van der Waals surface area contributed by atoms with Gasteiger partial charge < -0.3 is 5.32 Å². The number of nitrogens with zero attached hydrogens (tertiary/aromatic N) is 2. The molecule has 0 radical (unpaired) electrons. The van der Waals surface area contributed by atoms with Gasteiger partial charge in [0.25, 0.3) is 0 Å². The minimum Gasteiger partial charge on any atom is -0.335 e. The Morgan fingerprint density at radius 3 is 2.46 bits per heavy atom. The van der Waals surface area contributed by atoms with Crippen molar-refractivity contribution < 1.29 is 9.59 Å². The molecule has 1 aromatic carbocycles. The minimum absolute atomic E-state index is 0.215. The van der Waals surface area contributed by atoms with Crippen LogP contribution in [0.2, 0.25) is 0 Å². The Morgan fingerprint density at radius 2 is 1.79 bits per heavy atom. The molecular weight excluding hydrogens is 352 g/mol. The van der Waals surface area contributed by atoms with Crippen molar-refractivity contribution in [2.75, 3.05) is 32.7 Å². The maximum atomic E-state index is 12.4. The highest BCUT2D eigenvalue weighted by molar-refractivity contribution is 5.96. The predicted octanol–water partition coefficient (Wildman–Crippen LogP) is 2.47. The van der Waals surface area contributed by atoms with Crippen LogP contribution in [0.3, 0.4) is 0 Å². The molecule has 3 amide bonds. The van der Waals surface area contributed by atoms with Crippen molar-refractivity contribution in [1.82, 2.24) is 20.4 Å². The summed E-state index contributed by atoms with van der Waals surface area (Å²) in [6.07, 6.45) is 8.66. The van der Waals surface area contributed by atoms with Crippen LogP contribution in [-0.4, -0.2) is 66.5 Å². The van der Waals surface area contributed by atoms with Crippen LogP contribution in [-0.2, 0) is 4.79 Å². The average Bonchev–Trinajstić information content (AvgIpc) is 3.21. The zero-order valence-corrected chi connectivity index (χ0v) is 16.8. The van der Waals surface area contributed by atoms with Gasteiger partial charge in [-0.2, -0.15) is 0 Å². The number of piperazine rings is 1. The van der Waals surface area contributed by atoms with E-state index in [0.29, 0.717) is 0 Å². The highest BCUT2D eigenvalue weighted by Gasteiger charge is 2.27. The summed E-state index contributed by atoms with van der Waals surface area (Å²) in [4.78, 5) is 28.9. The quantitative estimate of drug-likeness (QED) is 0.791. The summed E-state index contributed by atoms with van der Waals surface area (Å²) in [5.74, 6) is -0.215. The van der Waals surface area contributed by atoms with Crippen LogP contribution in [0.25, 0.3) is 6.08 Å². The van der Waals surface area contributed by atoms with Crippen molar-refractivity contribution in [3.8, 4) is 0 Å². The Balaban J connectivity index is 1.36. The molecule has 3 rings (SSSR count). The smallest absolute Gasteiger partial charge is 0.321 e. The van der Waals surface area contributed by atoms with Crippen LogP contribution in [0, 0.1) is 0 Å². The zero-order chi connectivity index (χ0) is 19.8. The molecule has 1 aromatic rings. The second-order valence-electron chi connectivity index (χ2n) is 7.77. The van der Waals surface area contributed by atoms with Gasteiger partial charge >= 0.3 is 6.03 Å². The minimum atomic E-state index is -0.353. The normalized spacial score (nSPS) is 20.3. The molecule has 2 fully saturated rings. The standard InChI is InChI=1S/C22H32N4O2/c1-18(21(27)24-22(28)23-20-11-5-6-12-20)26-16-14-25(15-17-26)13-7-10-19-8-3-2-4-9-19/h2-4,7-10,18,20H,5-6,11-17H2,1H3,(H2,23,24,27,28)/b10-7+/t18-/m0/s1. The van der Waals surface area contributed by atoms with Crippen molar-refractivity contribution in [3.05, 3.63) is 42.0 Å². The summed E-state index contributed by atoms with van der Waals surface area (Å²) >= 11 is 0. The molecule has 1 saturated carbocycles. The molecule has 2 aliphatic rings. The number of benzene rings is 1. The number of hydrogen-bond donors (Lipinski definition) is 2.